The highest BCUT2D eigenvalue weighted by atomic mass is 32.1. The minimum absolute atomic E-state index is 0.277. The Labute approximate surface area is 104 Å². The number of amides is 1. The van der Waals surface area contributed by atoms with Gasteiger partial charge in [-0.05, 0) is 29.7 Å². The summed E-state index contributed by atoms with van der Waals surface area (Å²) in [5.74, 6) is -0.277. The lowest BCUT2D eigenvalue weighted by Crippen LogP contribution is -2.12. The predicted molar refractivity (Wildman–Crippen MR) is 65.3 cm³/mol. The number of hydrogen-bond acceptors (Lipinski definition) is 7. The molecule has 0 saturated carbocycles. The Morgan fingerprint density at radius 2 is 2.12 bits per heavy atom. The minimum atomic E-state index is -0.277. The number of fused-ring (bicyclic) bond motifs is 1. The lowest BCUT2D eigenvalue weighted by molar-refractivity contribution is 0.102. The number of aromatic nitrogens is 4. The van der Waals surface area contributed by atoms with Crippen LogP contribution >= 0.6 is 23.3 Å². The van der Waals surface area contributed by atoms with Crippen LogP contribution in [0.4, 0.5) is 5.69 Å². The number of benzene rings is 1. The van der Waals surface area contributed by atoms with Gasteiger partial charge in [-0.3, -0.25) is 4.79 Å². The molecule has 1 aromatic carbocycles. The summed E-state index contributed by atoms with van der Waals surface area (Å²) in [4.78, 5) is 11.7. The lowest BCUT2D eigenvalue weighted by Gasteiger charge is -2.01. The normalized spacial score (nSPS) is 10.6. The molecule has 2 heterocycles. The first-order valence-corrected chi connectivity index (χ1v) is 6.20. The van der Waals surface area contributed by atoms with Gasteiger partial charge in [0.05, 0.1) is 11.7 Å². The molecule has 0 bridgehead atoms. The minimum Gasteiger partial charge on any atom is -0.320 e. The summed E-state index contributed by atoms with van der Waals surface area (Å²) < 4.78 is 11.8. The lowest BCUT2D eigenvalue weighted by atomic mass is 10.2. The zero-order valence-electron chi connectivity index (χ0n) is 8.32. The Kier molecular flexibility index (Phi) is 2.50. The third-order valence-corrected chi connectivity index (χ3v) is 3.17. The van der Waals surface area contributed by atoms with E-state index in [1.54, 1.807) is 17.5 Å². The first kappa shape index (κ1) is 10.2. The third-order valence-electron chi connectivity index (χ3n) is 2.10. The zero-order chi connectivity index (χ0) is 11.7. The van der Waals surface area contributed by atoms with Crippen LogP contribution in [0.25, 0.3) is 11.0 Å². The molecule has 2 aromatic heterocycles. The average molecular weight is 263 g/mol. The molecule has 8 heteroatoms. The van der Waals surface area contributed by atoms with E-state index < -0.39 is 0 Å². The third kappa shape index (κ3) is 1.99. The smallest absolute Gasteiger partial charge is 0.277 e. The number of nitrogens with zero attached hydrogens (tertiary/aromatic N) is 4. The summed E-state index contributed by atoms with van der Waals surface area (Å²) >= 11 is 2.28. The highest BCUT2D eigenvalue weighted by molar-refractivity contribution is 7.03. The van der Waals surface area contributed by atoms with Crippen LogP contribution in [0.1, 0.15) is 10.5 Å². The molecule has 0 saturated heterocycles. The van der Waals surface area contributed by atoms with Crippen molar-refractivity contribution in [2.45, 2.75) is 0 Å². The van der Waals surface area contributed by atoms with Crippen LogP contribution in [0.5, 0.6) is 0 Å². The number of rotatable bonds is 2. The zero-order valence-corrected chi connectivity index (χ0v) is 9.96. The highest BCUT2D eigenvalue weighted by Crippen LogP contribution is 2.17. The predicted octanol–water partition coefficient (Wildman–Crippen LogP) is 1.80. The van der Waals surface area contributed by atoms with Crippen molar-refractivity contribution in [1.29, 1.82) is 0 Å². The van der Waals surface area contributed by atoms with Gasteiger partial charge >= 0.3 is 0 Å². The fraction of sp³-hybridized carbons (Fsp3) is 0. The molecule has 3 rings (SSSR count). The molecule has 1 N–H and O–H groups in total. The molecular weight excluding hydrogens is 258 g/mol. The number of carbonyl (C=O) groups is 1. The summed E-state index contributed by atoms with van der Waals surface area (Å²) in [5, 5.41) is 8.02. The van der Waals surface area contributed by atoms with Crippen LogP contribution in [-0.2, 0) is 0 Å². The maximum atomic E-state index is 11.7. The standard InChI is InChI=1S/C9H5N5OS2/c15-9(8-4-16-14-11-8)10-5-1-2-6-7(3-5)13-17-12-6/h1-4H,(H,10,15). The quantitative estimate of drug-likeness (QED) is 0.762. The molecule has 0 aliphatic rings. The topological polar surface area (TPSA) is 80.7 Å². The molecule has 0 unspecified atom stereocenters. The van der Waals surface area contributed by atoms with Gasteiger partial charge < -0.3 is 5.32 Å². The molecule has 6 nitrogen and oxygen atoms in total. The summed E-state index contributed by atoms with van der Waals surface area (Å²) in [7, 11) is 0. The van der Waals surface area contributed by atoms with E-state index in [-0.39, 0.29) is 5.91 Å². The van der Waals surface area contributed by atoms with E-state index >= 15 is 0 Å². The van der Waals surface area contributed by atoms with Crippen LogP contribution in [0, 0.1) is 0 Å². The van der Waals surface area contributed by atoms with Crippen LogP contribution in [-0.4, -0.2) is 24.2 Å². The van der Waals surface area contributed by atoms with Gasteiger partial charge in [-0.1, -0.05) is 4.49 Å². The Balaban J connectivity index is 1.87. The molecule has 0 aliphatic heterocycles. The van der Waals surface area contributed by atoms with Crippen LogP contribution in [0.15, 0.2) is 23.6 Å². The Hall–Kier alpha value is -1.93. The maximum absolute atomic E-state index is 11.7. The SMILES string of the molecule is O=C(Nc1ccc2nsnc2c1)c1csnn1. The van der Waals surface area contributed by atoms with Crippen molar-refractivity contribution >= 4 is 45.9 Å². The molecule has 0 spiro atoms. The van der Waals surface area contributed by atoms with Gasteiger partial charge in [0, 0.05) is 11.1 Å². The van der Waals surface area contributed by atoms with Crippen molar-refractivity contribution < 1.29 is 4.79 Å². The van der Waals surface area contributed by atoms with E-state index in [0.29, 0.717) is 11.4 Å². The first-order valence-electron chi connectivity index (χ1n) is 4.64. The molecule has 0 atom stereocenters. The van der Waals surface area contributed by atoms with Gasteiger partial charge in [-0.15, -0.1) is 5.10 Å². The second-order valence-electron chi connectivity index (χ2n) is 3.21. The van der Waals surface area contributed by atoms with Gasteiger partial charge in [-0.25, -0.2) is 0 Å². The molecular formula is C9H5N5OS2. The maximum Gasteiger partial charge on any atom is 0.277 e. The second-order valence-corrected chi connectivity index (χ2v) is 4.35. The van der Waals surface area contributed by atoms with Gasteiger partial charge in [-0.2, -0.15) is 8.75 Å². The molecule has 3 aromatic rings. The van der Waals surface area contributed by atoms with E-state index in [9.17, 15) is 4.79 Å². The average Bonchev–Trinajstić information content (AvgIpc) is 2.99. The Bertz CT molecular complexity index is 663. The molecule has 0 radical (unpaired) electrons. The summed E-state index contributed by atoms with van der Waals surface area (Å²) in [5.41, 5.74) is 2.57. The fourth-order valence-electron chi connectivity index (χ4n) is 1.32. The number of anilines is 1. The van der Waals surface area contributed by atoms with Crippen molar-refractivity contribution in [2.75, 3.05) is 5.32 Å². The van der Waals surface area contributed by atoms with Gasteiger partial charge in [0.15, 0.2) is 5.69 Å². The molecule has 17 heavy (non-hydrogen) atoms. The number of nitrogens with one attached hydrogen (secondary N) is 1. The van der Waals surface area contributed by atoms with Crippen molar-refractivity contribution in [2.24, 2.45) is 0 Å². The largest absolute Gasteiger partial charge is 0.320 e. The van der Waals surface area contributed by atoms with Gasteiger partial charge in [0.1, 0.15) is 11.0 Å². The van der Waals surface area contributed by atoms with Crippen LogP contribution < -0.4 is 5.32 Å². The highest BCUT2D eigenvalue weighted by Gasteiger charge is 2.09. The monoisotopic (exact) mass is 263 g/mol. The molecule has 84 valence electrons. The molecule has 0 aliphatic carbocycles. The van der Waals surface area contributed by atoms with Gasteiger partial charge in [0.25, 0.3) is 5.91 Å². The van der Waals surface area contributed by atoms with Crippen LogP contribution in [0.3, 0.4) is 0 Å². The van der Waals surface area contributed by atoms with Crippen molar-refractivity contribution in [3.8, 4) is 0 Å². The first-order chi connectivity index (χ1) is 8.33. The van der Waals surface area contributed by atoms with E-state index in [0.717, 1.165) is 34.3 Å². The summed E-state index contributed by atoms with van der Waals surface area (Å²) in [6, 6.07) is 5.37. The van der Waals surface area contributed by atoms with Crippen molar-refractivity contribution in [1.82, 2.24) is 18.3 Å². The van der Waals surface area contributed by atoms with E-state index in [4.69, 9.17) is 0 Å². The van der Waals surface area contributed by atoms with E-state index in [1.807, 2.05) is 6.07 Å². The number of hydrogen-bond donors (Lipinski definition) is 1. The molecule has 0 fully saturated rings. The Morgan fingerprint density at radius 1 is 1.24 bits per heavy atom. The number of carbonyl (C=O) groups excluding carboxylic acids is 1. The summed E-state index contributed by atoms with van der Waals surface area (Å²) in [6.07, 6.45) is 0. The van der Waals surface area contributed by atoms with Crippen molar-refractivity contribution in [3.05, 3.63) is 29.3 Å². The second kappa shape index (κ2) is 4.15. The van der Waals surface area contributed by atoms with Gasteiger partial charge in [0.2, 0.25) is 0 Å². The van der Waals surface area contributed by atoms with E-state index in [1.165, 1.54) is 0 Å². The summed E-state index contributed by atoms with van der Waals surface area (Å²) in [6.45, 7) is 0. The van der Waals surface area contributed by atoms with Crippen LogP contribution in [0.2, 0.25) is 0 Å². The van der Waals surface area contributed by atoms with E-state index in [2.05, 4.69) is 23.7 Å². The molecule has 1 amide bonds. The Morgan fingerprint density at radius 3 is 2.94 bits per heavy atom. The van der Waals surface area contributed by atoms with Crippen molar-refractivity contribution in [3.63, 3.8) is 0 Å². The fourth-order valence-corrected chi connectivity index (χ4v) is 2.27.